The van der Waals surface area contributed by atoms with Gasteiger partial charge in [0.15, 0.2) is 0 Å². The fraction of sp³-hybridized carbons (Fsp3) is 0.185. The van der Waals surface area contributed by atoms with E-state index < -0.39 is 0 Å². The summed E-state index contributed by atoms with van der Waals surface area (Å²) in [5, 5.41) is 1.26. The van der Waals surface area contributed by atoms with Gasteiger partial charge in [-0.1, -0.05) is 24.3 Å². The first-order chi connectivity index (χ1) is 16.7. The lowest BCUT2D eigenvalue weighted by Gasteiger charge is -2.36. The summed E-state index contributed by atoms with van der Waals surface area (Å²) >= 11 is 1.79. The predicted octanol–water partition coefficient (Wildman–Crippen LogP) is 5.45. The average molecular weight is 465 g/mol. The van der Waals surface area contributed by atoms with Gasteiger partial charge in [-0.25, -0.2) is 15.0 Å². The van der Waals surface area contributed by atoms with Crippen LogP contribution < -0.4 is 9.80 Å². The molecular formula is C27H24N6S. The third-order valence-corrected chi connectivity index (χ3v) is 7.31. The normalized spacial score (nSPS) is 14.0. The molecule has 7 heteroatoms. The standard InChI is InChI=1S/C27H24N6S/c1-19-30-23(16-27(31-19)33-12-10-32(11-13-33)26-8-4-5-9-29-26)21-14-22(18-28-17-21)25-15-20-6-2-3-7-24(20)34-25/h2-9,14-18H,10-13H2,1H3. The van der Waals surface area contributed by atoms with Crippen LogP contribution in [0.15, 0.2) is 79.3 Å². The maximum atomic E-state index is 4.75. The number of thiophene rings is 1. The zero-order valence-corrected chi connectivity index (χ0v) is 19.7. The zero-order valence-electron chi connectivity index (χ0n) is 18.9. The molecule has 168 valence electrons. The Hall–Kier alpha value is -3.84. The number of hydrogen-bond donors (Lipinski definition) is 0. The van der Waals surface area contributed by atoms with E-state index in [0.29, 0.717) is 0 Å². The lowest BCUT2D eigenvalue weighted by atomic mass is 10.1. The number of benzene rings is 1. The van der Waals surface area contributed by atoms with Gasteiger partial charge in [0.2, 0.25) is 0 Å². The summed E-state index contributed by atoms with van der Waals surface area (Å²) in [5.74, 6) is 2.77. The summed E-state index contributed by atoms with van der Waals surface area (Å²) in [6, 6.07) is 21.0. The minimum Gasteiger partial charge on any atom is -0.353 e. The van der Waals surface area contributed by atoms with Crippen LogP contribution in [0.3, 0.4) is 0 Å². The van der Waals surface area contributed by atoms with E-state index in [0.717, 1.165) is 60.5 Å². The van der Waals surface area contributed by atoms with Crippen molar-refractivity contribution in [1.29, 1.82) is 0 Å². The van der Waals surface area contributed by atoms with Crippen molar-refractivity contribution in [2.75, 3.05) is 36.0 Å². The molecule has 0 bridgehead atoms. The van der Waals surface area contributed by atoms with Gasteiger partial charge in [-0.05, 0) is 42.6 Å². The molecular weight excluding hydrogens is 440 g/mol. The van der Waals surface area contributed by atoms with Crippen LogP contribution in [0, 0.1) is 6.92 Å². The zero-order chi connectivity index (χ0) is 22.9. The highest BCUT2D eigenvalue weighted by atomic mass is 32.1. The third-order valence-electron chi connectivity index (χ3n) is 6.15. The molecule has 0 amide bonds. The molecule has 5 heterocycles. The number of piperazine rings is 1. The second-order valence-electron chi connectivity index (χ2n) is 8.43. The summed E-state index contributed by atoms with van der Waals surface area (Å²) in [5.41, 5.74) is 3.03. The number of rotatable bonds is 4. The summed E-state index contributed by atoms with van der Waals surface area (Å²) in [7, 11) is 0. The first kappa shape index (κ1) is 20.7. The lowest BCUT2D eigenvalue weighted by molar-refractivity contribution is 0.640. The third kappa shape index (κ3) is 4.10. The van der Waals surface area contributed by atoms with Gasteiger partial charge in [0.25, 0.3) is 0 Å². The van der Waals surface area contributed by atoms with Crippen molar-refractivity contribution in [2.45, 2.75) is 6.92 Å². The fourth-order valence-corrected chi connectivity index (χ4v) is 5.45. The van der Waals surface area contributed by atoms with Crippen molar-refractivity contribution >= 4 is 33.1 Å². The van der Waals surface area contributed by atoms with Gasteiger partial charge in [0.1, 0.15) is 17.5 Å². The smallest absolute Gasteiger partial charge is 0.132 e. The van der Waals surface area contributed by atoms with Crippen molar-refractivity contribution in [3.63, 3.8) is 0 Å². The minimum absolute atomic E-state index is 0.770. The van der Waals surface area contributed by atoms with E-state index in [-0.39, 0.29) is 0 Å². The molecule has 0 radical (unpaired) electrons. The van der Waals surface area contributed by atoms with Crippen molar-refractivity contribution in [2.24, 2.45) is 0 Å². The first-order valence-electron chi connectivity index (χ1n) is 11.4. The molecule has 1 fully saturated rings. The van der Waals surface area contributed by atoms with Crippen LogP contribution in [-0.2, 0) is 0 Å². The van der Waals surface area contributed by atoms with Crippen molar-refractivity contribution in [1.82, 2.24) is 19.9 Å². The number of pyridine rings is 2. The van der Waals surface area contributed by atoms with Crippen LogP contribution in [0.2, 0.25) is 0 Å². The second-order valence-corrected chi connectivity index (χ2v) is 9.52. The van der Waals surface area contributed by atoms with Crippen LogP contribution >= 0.6 is 11.3 Å². The van der Waals surface area contributed by atoms with Crippen LogP contribution in [0.25, 0.3) is 31.8 Å². The predicted molar refractivity (Wildman–Crippen MR) is 139 cm³/mol. The molecule has 0 saturated carbocycles. The van der Waals surface area contributed by atoms with E-state index in [1.165, 1.54) is 15.0 Å². The van der Waals surface area contributed by atoms with E-state index in [1.807, 2.05) is 37.6 Å². The van der Waals surface area contributed by atoms with Gasteiger partial charge in [-0.2, -0.15) is 0 Å². The first-order valence-corrected chi connectivity index (χ1v) is 12.3. The van der Waals surface area contributed by atoms with Gasteiger partial charge < -0.3 is 9.80 Å². The maximum Gasteiger partial charge on any atom is 0.132 e. The Labute approximate surface area is 202 Å². The molecule has 1 aromatic carbocycles. The second kappa shape index (κ2) is 8.83. The van der Waals surface area contributed by atoms with E-state index in [2.05, 4.69) is 68.3 Å². The van der Waals surface area contributed by atoms with Crippen molar-refractivity contribution in [3.05, 3.63) is 85.1 Å². The van der Waals surface area contributed by atoms with Crippen LogP contribution in [0.4, 0.5) is 11.6 Å². The summed E-state index contributed by atoms with van der Waals surface area (Å²) in [6.45, 7) is 5.58. The highest BCUT2D eigenvalue weighted by molar-refractivity contribution is 7.22. The van der Waals surface area contributed by atoms with Gasteiger partial charge >= 0.3 is 0 Å². The molecule has 0 aliphatic carbocycles. The summed E-state index contributed by atoms with van der Waals surface area (Å²) in [6.07, 6.45) is 5.67. The molecule has 1 aliphatic rings. The van der Waals surface area contributed by atoms with E-state index >= 15 is 0 Å². The molecule has 1 saturated heterocycles. The number of anilines is 2. The largest absolute Gasteiger partial charge is 0.353 e. The summed E-state index contributed by atoms with van der Waals surface area (Å²) in [4.78, 5) is 24.4. The highest BCUT2D eigenvalue weighted by Crippen LogP contribution is 2.34. The van der Waals surface area contributed by atoms with Gasteiger partial charge in [0, 0.05) is 71.5 Å². The number of fused-ring (bicyclic) bond motifs is 1. The van der Waals surface area contributed by atoms with E-state index in [1.54, 1.807) is 11.3 Å². The van der Waals surface area contributed by atoms with E-state index in [9.17, 15) is 0 Å². The molecule has 34 heavy (non-hydrogen) atoms. The Balaban J connectivity index is 1.26. The topological polar surface area (TPSA) is 58.0 Å². The molecule has 6 rings (SSSR count). The minimum atomic E-state index is 0.770. The lowest BCUT2D eigenvalue weighted by Crippen LogP contribution is -2.47. The molecule has 0 atom stereocenters. The van der Waals surface area contributed by atoms with Gasteiger partial charge in [-0.15, -0.1) is 11.3 Å². The van der Waals surface area contributed by atoms with Gasteiger partial charge in [0.05, 0.1) is 5.69 Å². The number of aryl methyl sites for hydroxylation is 1. The SMILES string of the molecule is Cc1nc(-c2cncc(-c3cc4ccccc4s3)c2)cc(N2CCN(c3ccccn3)CC2)n1. The Bertz CT molecular complexity index is 1410. The van der Waals surface area contributed by atoms with Crippen molar-refractivity contribution < 1.29 is 0 Å². The molecule has 0 N–H and O–H groups in total. The van der Waals surface area contributed by atoms with Crippen LogP contribution in [0.1, 0.15) is 5.82 Å². The Morgan fingerprint density at radius 2 is 1.53 bits per heavy atom. The Morgan fingerprint density at radius 3 is 2.32 bits per heavy atom. The molecule has 5 aromatic rings. The van der Waals surface area contributed by atoms with Gasteiger partial charge in [-0.3, -0.25) is 4.98 Å². The fourth-order valence-electron chi connectivity index (χ4n) is 4.41. The quantitative estimate of drug-likeness (QED) is 0.352. The molecule has 0 spiro atoms. The monoisotopic (exact) mass is 464 g/mol. The summed E-state index contributed by atoms with van der Waals surface area (Å²) < 4.78 is 1.29. The van der Waals surface area contributed by atoms with Crippen molar-refractivity contribution in [3.8, 4) is 21.7 Å². The highest BCUT2D eigenvalue weighted by Gasteiger charge is 2.20. The Morgan fingerprint density at radius 1 is 0.765 bits per heavy atom. The number of aromatic nitrogens is 4. The molecule has 4 aromatic heterocycles. The van der Waals surface area contributed by atoms with E-state index in [4.69, 9.17) is 9.97 Å². The van der Waals surface area contributed by atoms with Crippen LogP contribution in [-0.4, -0.2) is 46.1 Å². The Kier molecular flexibility index (Phi) is 5.39. The number of nitrogens with zero attached hydrogens (tertiary/aromatic N) is 6. The molecule has 0 unspecified atom stereocenters. The number of hydrogen-bond acceptors (Lipinski definition) is 7. The maximum absolute atomic E-state index is 4.75. The molecule has 1 aliphatic heterocycles. The average Bonchev–Trinajstić information content (AvgIpc) is 3.34. The van der Waals surface area contributed by atoms with Crippen LogP contribution in [0.5, 0.6) is 0 Å². The molecule has 6 nitrogen and oxygen atoms in total.